The molecule has 30 heavy (non-hydrogen) atoms. The summed E-state index contributed by atoms with van der Waals surface area (Å²) in [5, 5.41) is 3.64. The molecular weight excluding hydrogens is 402 g/mol. The number of nitrogens with zero attached hydrogens (tertiary/aromatic N) is 2. The number of rotatable bonds is 6. The third kappa shape index (κ3) is 3.79. The first-order valence-electron chi connectivity index (χ1n) is 9.88. The van der Waals surface area contributed by atoms with Crippen molar-refractivity contribution < 1.29 is 14.3 Å². The fourth-order valence-corrected chi connectivity index (χ4v) is 4.47. The van der Waals surface area contributed by atoms with Crippen LogP contribution in [-0.2, 0) is 16.8 Å². The van der Waals surface area contributed by atoms with Gasteiger partial charge in [0.2, 0.25) is 12.7 Å². The number of aryl methyl sites for hydroxylation is 3. The first-order chi connectivity index (χ1) is 14.3. The normalized spacial score (nSPS) is 13.1. The average Bonchev–Trinajstić information content (AvgIpc) is 3.30. The third-order valence-corrected chi connectivity index (χ3v) is 6.73. The molecule has 0 saturated carbocycles. The number of ether oxygens (including phenoxy) is 2. The van der Waals surface area contributed by atoms with Gasteiger partial charge in [-0.25, -0.2) is 4.98 Å². The first kappa shape index (κ1) is 20.4. The van der Waals surface area contributed by atoms with Gasteiger partial charge in [0.05, 0.1) is 11.7 Å². The number of fused-ring (bicyclic) bond motifs is 2. The molecule has 1 N–H and O–H groups in total. The highest BCUT2D eigenvalue weighted by molar-refractivity contribution is 7.18. The highest BCUT2D eigenvalue weighted by Crippen LogP contribution is 2.36. The van der Waals surface area contributed by atoms with Crippen molar-refractivity contribution in [3.05, 3.63) is 50.9 Å². The summed E-state index contributed by atoms with van der Waals surface area (Å²) in [5.41, 5.74) is 1.66. The molecule has 1 aromatic carbocycles. The van der Waals surface area contributed by atoms with Crippen LogP contribution < -0.4 is 20.3 Å². The van der Waals surface area contributed by atoms with Crippen molar-refractivity contribution in [3.63, 3.8) is 0 Å². The SMILES string of the molecule is Cc1sc2ncn(CCC(=O)NCC(C)(C)c3ccc4c(c3)OCO4)c(=O)c2c1C. The number of carbonyl (C=O) groups is 1. The second kappa shape index (κ2) is 7.75. The van der Waals surface area contributed by atoms with E-state index in [2.05, 4.69) is 24.1 Å². The Morgan fingerprint density at radius 3 is 2.83 bits per heavy atom. The van der Waals surface area contributed by atoms with Crippen molar-refractivity contribution in [1.82, 2.24) is 14.9 Å². The van der Waals surface area contributed by atoms with Gasteiger partial charge in [-0.2, -0.15) is 0 Å². The standard InChI is InChI=1S/C22H25N3O4S/c1-13-14(2)30-20-19(13)21(27)25(11-24-20)8-7-18(26)23-10-22(3,4)15-5-6-16-17(9-15)29-12-28-16/h5-6,9,11H,7-8,10,12H2,1-4H3,(H,23,26). The summed E-state index contributed by atoms with van der Waals surface area (Å²) in [4.78, 5) is 31.4. The van der Waals surface area contributed by atoms with Gasteiger partial charge in [0, 0.05) is 29.8 Å². The van der Waals surface area contributed by atoms with Gasteiger partial charge in [-0.3, -0.25) is 14.2 Å². The summed E-state index contributed by atoms with van der Waals surface area (Å²) < 4.78 is 12.3. The zero-order valence-electron chi connectivity index (χ0n) is 17.6. The lowest BCUT2D eigenvalue weighted by Crippen LogP contribution is -2.37. The maximum Gasteiger partial charge on any atom is 0.262 e. The molecular formula is C22H25N3O4S. The minimum atomic E-state index is -0.279. The van der Waals surface area contributed by atoms with Crippen molar-refractivity contribution in [2.45, 2.75) is 46.1 Å². The van der Waals surface area contributed by atoms with E-state index in [1.165, 1.54) is 22.2 Å². The predicted octanol–water partition coefficient (Wildman–Crippen LogP) is 3.29. The Balaban J connectivity index is 1.38. The summed E-state index contributed by atoms with van der Waals surface area (Å²) in [6.45, 7) is 9.06. The van der Waals surface area contributed by atoms with E-state index in [-0.39, 0.29) is 30.1 Å². The van der Waals surface area contributed by atoms with E-state index in [1.54, 1.807) is 0 Å². The first-order valence-corrected chi connectivity index (χ1v) is 10.7. The van der Waals surface area contributed by atoms with Crippen LogP contribution >= 0.6 is 11.3 Å². The van der Waals surface area contributed by atoms with Crippen molar-refractivity contribution in [2.24, 2.45) is 0 Å². The molecule has 0 fully saturated rings. The van der Waals surface area contributed by atoms with Crippen LogP contribution in [-0.4, -0.2) is 28.8 Å². The van der Waals surface area contributed by atoms with Crippen LogP contribution in [0.3, 0.4) is 0 Å². The van der Waals surface area contributed by atoms with Gasteiger partial charge < -0.3 is 14.8 Å². The van der Waals surface area contributed by atoms with Crippen molar-refractivity contribution in [1.29, 1.82) is 0 Å². The molecule has 8 heteroatoms. The lowest BCUT2D eigenvalue weighted by atomic mass is 9.84. The van der Waals surface area contributed by atoms with E-state index in [4.69, 9.17) is 9.47 Å². The predicted molar refractivity (Wildman–Crippen MR) is 117 cm³/mol. The fourth-order valence-electron chi connectivity index (χ4n) is 3.48. The summed E-state index contributed by atoms with van der Waals surface area (Å²) in [6.07, 6.45) is 1.75. The van der Waals surface area contributed by atoms with Crippen LogP contribution in [0.2, 0.25) is 0 Å². The zero-order chi connectivity index (χ0) is 21.5. The topological polar surface area (TPSA) is 82.5 Å². The monoisotopic (exact) mass is 427 g/mol. The van der Waals surface area contributed by atoms with E-state index in [1.807, 2.05) is 32.0 Å². The molecule has 4 rings (SSSR count). The van der Waals surface area contributed by atoms with Crippen LogP contribution in [0.25, 0.3) is 10.2 Å². The van der Waals surface area contributed by atoms with E-state index in [9.17, 15) is 9.59 Å². The van der Waals surface area contributed by atoms with Gasteiger partial charge in [-0.1, -0.05) is 19.9 Å². The Morgan fingerprint density at radius 1 is 1.27 bits per heavy atom. The number of benzene rings is 1. The molecule has 0 unspecified atom stereocenters. The van der Waals surface area contributed by atoms with E-state index >= 15 is 0 Å². The van der Waals surface area contributed by atoms with Crippen LogP contribution in [0.4, 0.5) is 0 Å². The molecule has 0 bridgehead atoms. The van der Waals surface area contributed by atoms with E-state index in [0.717, 1.165) is 32.3 Å². The van der Waals surface area contributed by atoms with Crippen LogP contribution in [0, 0.1) is 13.8 Å². The van der Waals surface area contributed by atoms with Crippen molar-refractivity contribution in [3.8, 4) is 11.5 Å². The van der Waals surface area contributed by atoms with Gasteiger partial charge in [0.25, 0.3) is 5.56 Å². The molecule has 2 aromatic heterocycles. The zero-order valence-corrected chi connectivity index (χ0v) is 18.4. The van der Waals surface area contributed by atoms with Gasteiger partial charge in [-0.15, -0.1) is 11.3 Å². The summed E-state index contributed by atoms with van der Waals surface area (Å²) >= 11 is 1.52. The number of carbonyl (C=O) groups excluding carboxylic acids is 1. The smallest absolute Gasteiger partial charge is 0.262 e. The molecule has 1 aliphatic rings. The Morgan fingerprint density at radius 2 is 2.03 bits per heavy atom. The number of aromatic nitrogens is 2. The molecule has 0 radical (unpaired) electrons. The Labute approximate surface area is 178 Å². The van der Waals surface area contributed by atoms with Crippen LogP contribution in [0.1, 0.15) is 36.3 Å². The van der Waals surface area contributed by atoms with E-state index < -0.39 is 0 Å². The summed E-state index contributed by atoms with van der Waals surface area (Å²) in [7, 11) is 0. The lowest BCUT2D eigenvalue weighted by molar-refractivity contribution is -0.121. The molecule has 0 spiro atoms. The second-order valence-electron chi connectivity index (χ2n) is 8.19. The maximum absolute atomic E-state index is 12.7. The maximum atomic E-state index is 12.7. The number of hydrogen-bond acceptors (Lipinski definition) is 6. The molecule has 1 amide bonds. The molecule has 0 aliphatic carbocycles. The van der Waals surface area contributed by atoms with Gasteiger partial charge in [0.15, 0.2) is 11.5 Å². The number of amides is 1. The van der Waals surface area contributed by atoms with Crippen molar-refractivity contribution in [2.75, 3.05) is 13.3 Å². The molecule has 0 saturated heterocycles. The third-order valence-electron chi connectivity index (χ3n) is 5.62. The largest absolute Gasteiger partial charge is 0.454 e. The molecule has 1 aliphatic heterocycles. The lowest BCUT2D eigenvalue weighted by Gasteiger charge is -2.26. The Bertz CT molecular complexity index is 1180. The van der Waals surface area contributed by atoms with Crippen molar-refractivity contribution >= 4 is 27.5 Å². The van der Waals surface area contributed by atoms with Gasteiger partial charge >= 0.3 is 0 Å². The van der Waals surface area contributed by atoms with E-state index in [0.29, 0.717) is 18.5 Å². The van der Waals surface area contributed by atoms with Gasteiger partial charge in [-0.05, 0) is 37.1 Å². The summed E-state index contributed by atoms with van der Waals surface area (Å²) in [5.74, 6) is 1.37. The van der Waals surface area contributed by atoms with Crippen LogP contribution in [0.5, 0.6) is 11.5 Å². The number of hydrogen-bond donors (Lipinski definition) is 1. The highest BCUT2D eigenvalue weighted by Gasteiger charge is 2.24. The number of nitrogens with one attached hydrogen (secondary N) is 1. The minimum Gasteiger partial charge on any atom is -0.454 e. The number of thiophene rings is 1. The quantitative estimate of drug-likeness (QED) is 0.653. The minimum absolute atomic E-state index is 0.0876. The molecule has 3 aromatic rings. The summed E-state index contributed by atoms with van der Waals surface area (Å²) in [6, 6.07) is 5.84. The molecule has 0 atom stereocenters. The molecule has 158 valence electrons. The highest BCUT2D eigenvalue weighted by atomic mass is 32.1. The Hall–Kier alpha value is -2.87. The van der Waals surface area contributed by atoms with Gasteiger partial charge in [0.1, 0.15) is 4.83 Å². The molecule has 7 nitrogen and oxygen atoms in total. The average molecular weight is 428 g/mol. The Kier molecular flexibility index (Phi) is 5.27. The fraction of sp³-hybridized carbons (Fsp3) is 0.409. The molecule has 3 heterocycles. The second-order valence-corrected chi connectivity index (χ2v) is 9.39. The van der Waals surface area contributed by atoms with Crippen LogP contribution in [0.15, 0.2) is 29.3 Å².